The molecule has 0 atom stereocenters. The van der Waals surface area contributed by atoms with E-state index in [-0.39, 0.29) is 0 Å². The Kier molecular flexibility index (Phi) is 6.09. The number of benzene rings is 7. The van der Waals surface area contributed by atoms with E-state index in [4.69, 9.17) is 9.97 Å². The molecule has 0 radical (unpaired) electrons. The summed E-state index contributed by atoms with van der Waals surface area (Å²) in [6, 6.07) is 60.5. The van der Waals surface area contributed by atoms with Crippen LogP contribution in [0.25, 0.3) is 97.9 Å². The molecule has 0 saturated heterocycles. The Balaban J connectivity index is 1.20. The van der Waals surface area contributed by atoms with Gasteiger partial charge in [0.15, 0.2) is 0 Å². The molecule has 0 aliphatic heterocycles. The molecule has 0 aliphatic carbocycles. The molecule has 238 valence electrons. The highest BCUT2D eigenvalue weighted by Crippen LogP contribution is 2.44. The summed E-state index contributed by atoms with van der Waals surface area (Å²) in [5, 5.41) is 7.45. The second kappa shape index (κ2) is 11.0. The van der Waals surface area contributed by atoms with E-state index < -0.39 is 0 Å². The van der Waals surface area contributed by atoms with Crippen molar-refractivity contribution in [3.8, 4) is 34.2 Å². The van der Waals surface area contributed by atoms with Gasteiger partial charge in [-0.2, -0.15) is 0 Å². The lowest BCUT2D eigenvalue weighted by Crippen LogP contribution is -2.03. The zero-order valence-corrected chi connectivity index (χ0v) is 28.2. The molecule has 5 heteroatoms. The van der Waals surface area contributed by atoms with Gasteiger partial charge in [-0.1, -0.05) is 115 Å². The highest BCUT2D eigenvalue weighted by Gasteiger charge is 2.20. The van der Waals surface area contributed by atoms with Gasteiger partial charge in [-0.25, -0.2) is 9.97 Å². The van der Waals surface area contributed by atoms with E-state index in [1.165, 1.54) is 58.4 Å². The summed E-state index contributed by atoms with van der Waals surface area (Å²) in [5.74, 6) is 0.663. The van der Waals surface area contributed by atoms with Crippen molar-refractivity contribution < 1.29 is 0 Å². The first-order chi connectivity index (χ1) is 25.3. The molecule has 0 fully saturated rings. The zero-order valence-electron chi connectivity index (χ0n) is 27.4. The number of aromatic nitrogens is 4. The SMILES string of the molecule is c1ccc(-c2cc(-c3ccccc3)nc(-n3c4ccccc4c4cc5c(cc43)sc3cc4c6ccccc6n(-c6ccccc6)c4cc35)n2)cc1. The lowest BCUT2D eigenvalue weighted by molar-refractivity contribution is 0.996. The van der Waals surface area contributed by atoms with Crippen molar-refractivity contribution >= 4 is 75.1 Å². The standard InChI is InChI=1S/C46H28N4S/c1-4-14-29(15-5-1)38-27-39(30-16-6-2-7-17-30)48-46(47-38)50-41-23-13-11-20-32(41)34-24-36-37-25-42-35(26-44(37)51-45(36)28-43(34)50)33-21-10-12-22-40(33)49(42)31-18-8-3-9-19-31/h1-28H. The molecule has 11 rings (SSSR count). The molecule has 0 N–H and O–H groups in total. The van der Waals surface area contributed by atoms with Crippen LogP contribution in [-0.4, -0.2) is 19.1 Å². The number of rotatable bonds is 4. The highest BCUT2D eigenvalue weighted by atomic mass is 32.1. The lowest BCUT2D eigenvalue weighted by atomic mass is 10.1. The number of thiophene rings is 1. The van der Waals surface area contributed by atoms with E-state index in [1.807, 2.05) is 23.5 Å². The van der Waals surface area contributed by atoms with Gasteiger partial charge in [-0.15, -0.1) is 11.3 Å². The quantitative estimate of drug-likeness (QED) is 0.187. The van der Waals surface area contributed by atoms with Gasteiger partial charge in [-0.05, 0) is 54.6 Å². The normalized spacial score (nSPS) is 11.9. The van der Waals surface area contributed by atoms with E-state index in [2.05, 4.69) is 167 Å². The first kappa shape index (κ1) is 28.3. The molecule has 0 unspecified atom stereocenters. The monoisotopic (exact) mass is 668 g/mol. The number of hydrogen-bond acceptors (Lipinski definition) is 3. The molecular formula is C46H28N4S. The number of fused-ring (bicyclic) bond motifs is 9. The summed E-state index contributed by atoms with van der Waals surface area (Å²) in [6.45, 7) is 0. The van der Waals surface area contributed by atoms with Gasteiger partial charge in [0.1, 0.15) is 0 Å². The maximum absolute atomic E-state index is 5.24. The van der Waals surface area contributed by atoms with E-state index in [1.54, 1.807) is 0 Å². The van der Waals surface area contributed by atoms with Crippen molar-refractivity contribution in [3.05, 3.63) is 170 Å². The summed E-state index contributed by atoms with van der Waals surface area (Å²) in [7, 11) is 0. The van der Waals surface area contributed by atoms with E-state index >= 15 is 0 Å². The molecule has 4 nitrogen and oxygen atoms in total. The molecule has 4 heterocycles. The predicted octanol–water partition coefficient (Wildman–Crippen LogP) is 12.4. The van der Waals surface area contributed by atoms with Crippen LogP contribution in [0, 0.1) is 0 Å². The fraction of sp³-hybridized carbons (Fsp3) is 0. The molecule has 0 aliphatic rings. The average Bonchev–Trinajstić information content (AvgIpc) is 3.83. The van der Waals surface area contributed by atoms with Crippen molar-refractivity contribution in [1.29, 1.82) is 0 Å². The Morgan fingerprint density at radius 2 is 0.843 bits per heavy atom. The Morgan fingerprint density at radius 3 is 1.49 bits per heavy atom. The minimum absolute atomic E-state index is 0.663. The third-order valence-corrected chi connectivity index (χ3v) is 11.2. The highest BCUT2D eigenvalue weighted by molar-refractivity contribution is 7.26. The van der Waals surface area contributed by atoms with Crippen LogP contribution in [0.5, 0.6) is 0 Å². The van der Waals surface area contributed by atoms with Gasteiger partial charge >= 0.3 is 0 Å². The molecule has 11 aromatic rings. The smallest absolute Gasteiger partial charge is 0.235 e. The second-order valence-corrected chi connectivity index (χ2v) is 14.1. The van der Waals surface area contributed by atoms with Crippen LogP contribution >= 0.6 is 11.3 Å². The first-order valence-corrected chi connectivity index (χ1v) is 18.0. The minimum Gasteiger partial charge on any atom is -0.309 e. The Labute approximate surface area is 297 Å². The number of para-hydroxylation sites is 3. The Bertz CT molecular complexity index is 3060. The van der Waals surface area contributed by atoms with Crippen LogP contribution in [-0.2, 0) is 0 Å². The second-order valence-electron chi connectivity index (χ2n) is 13.0. The molecule has 0 amide bonds. The zero-order chi connectivity index (χ0) is 33.5. The van der Waals surface area contributed by atoms with Gasteiger partial charge in [0.25, 0.3) is 0 Å². The Hall–Kier alpha value is -6.56. The van der Waals surface area contributed by atoms with Crippen LogP contribution in [0.15, 0.2) is 170 Å². The first-order valence-electron chi connectivity index (χ1n) is 17.2. The maximum atomic E-state index is 5.24. The number of hydrogen-bond donors (Lipinski definition) is 0. The summed E-state index contributed by atoms with van der Waals surface area (Å²) in [5.41, 5.74) is 9.71. The summed E-state index contributed by atoms with van der Waals surface area (Å²) < 4.78 is 7.18. The fourth-order valence-corrected chi connectivity index (χ4v) is 8.96. The van der Waals surface area contributed by atoms with E-state index in [9.17, 15) is 0 Å². The molecule has 0 saturated carbocycles. The van der Waals surface area contributed by atoms with Gasteiger partial charge in [-0.3, -0.25) is 4.57 Å². The predicted molar refractivity (Wildman–Crippen MR) is 214 cm³/mol. The largest absolute Gasteiger partial charge is 0.309 e. The van der Waals surface area contributed by atoms with Gasteiger partial charge in [0.05, 0.1) is 33.5 Å². The molecular weight excluding hydrogens is 641 g/mol. The van der Waals surface area contributed by atoms with Crippen molar-refractivity contribution in [2.24, 2.45) is 0 Å². The fourth-order valence-electron chi connectivity index (χ4n) is 7.82. The van der Waals surface area contributed by atoms with Gasteiger partial charge < -0.3 is 4.57 Å². The summed E-state index contributed by atoms with van der Waals surface area (Å²) in [6.07, 6.45) is 0. The maximum Gasteiger partial charge on any atom is 0.235 e. The van der Waals surface area contributed by atoms with Crippen molar-refractivity contribution in [3.63, 3.8) is 0 Å². The minimum atomic E-state index is 0.663. The van der Waals surface area contributed by atoms with Gasteiger partial charge in [0.2, 0.25) is 5.95 Å². The molecule has 51 heavy (non-hydrogen) atoms. The molecule has 0 bridgehead atoms. The third kappa shape index (κ3) is 4.32. The van der Waals surface area contributed by atoms with Crippen molar-refractivity contribution in [1.82, 2.24) is 19.1 Å². The van der Waals surface area contributed by atoms with Crippen LogP contribution in [0.1, 0.15) is 0 Å². The number of nitrogens with zero attached hydrogens (tertiary/aromatic N) is 4. The van der Waals surface area contributed by atoms with Crippen molar-refractivity contribution in [2.45, 2.75) is 0 Å². The van der Waals surface area contributed by atoms with E-state index in [0.29, 0.717) is 5.95 Å². The van der Waals surface area contributed by atoms with Crippen LogP contribution < -0.4 is 0 Å². The molecule has 0 spiro atoms. The summed E-state index contributed by atoms with van der Waals surface area (Å²) in [4.78, 5) is 10.5. The Morgan fingerprint density at radius 1 is 0.353 bits per heavy atom. The van der Waals surface area contributed by atoms with Crippen LogP contribution in [0.2, 0.25) is 0 Å². The molecule has 4 aromatic heterocycles. The van der Waals surface area contributed by atoms with Crippen molar-refractivity contribution in [2.75, 3.05) is 0 Å². The third-order valence-electron chi connectivity index (χ3n) is 10.1. The van der Waals surface area contributed by atoms with Crippen LogP contribution in [0.3, 0.4) is 0 Å². The van der Waals surface area contributed by atoms with Crippen LogP contribution in [0.4, 0.5) is 0 Å². The average molecular weight is 669 g/mol. The lowest BCUT2D eigenvalue weighted by Gasteiger charge is -2.11. The van der Waals surface area contributed by atoms with E-state index in [0.717, 1.165) is 33.5 Å². The van der Waals surface area contributed by atoms with Gasteiger partial charge in [0, 0.05) is 58.5 Å². The summed E-state index contributed by atoms with van der Waals surface area (Å²) >= 11 is 1.86. The topological polar surface area (TPSA) is 35.6 Å². The molecule has 7 aromatic carbocycles.